The number of carbonyl (C=O) groups excluding carboxylic acids is 1. The van der Waals surface area contributed by atoms with Crippen LogP contribution < -0.4 is 11.1 Å². The largest absolute Gasteiger partial charge is 0.391 e. The molecule has 1 aromatic rings. The fourth-order valence-electron chi connectivity index (χ4n) is 1.80. The molecule has 3 nitrogen and oxygen atoms in total. The summed E-state index contributed by atoms with van der Waals surface area (Å²) in [6.07, 6.45) is 1.15. The van der Waals surface area contributed by atoms with Crippen LogP contribution in [0, 0.1) is 5.82 Å². The molecule has 0 spiro atoms. The summed E-state index contributed by atoms with van der Waals surface area (Å²) in [4.78, 5) is 12.4. The van der Waals surface area contributed by atoms with Gasteiger partial charge < -0.3 is 11.1 Å². The van der Waals surface area contributed by atoms with Crippen molar-refractivity contribution in [2.24, 2.45) is 5.73 Å². The Bertz CT molecular complexity index is 503. The fraction of sp³-hybridized carbons (Fsp3) is 0.385. The van der Waals surface area contributed by atoms with Gasteiger partial charge in [-0.15, -0.1) is 0 Å². The van der Waals surface area contributed by atoms with Crippen LogP contribution in [0.2, 0.25) is 5.02 Å². The van der Waals surface area contributed by atoms with Gasteiger partial charge in [-0.25, -0.2) is 4.39 Å². The van der Waals surface area contributed by atoms with E-state index in [4.69, 9.17) is 29.6 Å². The van der Waals surface area contributed by atoms with Gasteiger partial charge in [0.25, 0.3) is 5.91 Å². The van der Waals surface area contributed by atoms with Crippen LogP contribution in [0.4, 0.5) is 4.39 Å². The highest BCUT2D eigenvalue weighted by Crippen LogP contribution is 2.21. The normalized spacial score (nSPS) is 11.2. The molecule has 0 bridgehead atoms. The molecule has 1 rings (SSSR count). The lowest BCUT2D eigenvalue weighted by molar-refractivity contribution is 0.0920. The number of nitrogens with two attached hydrogens (primary N) is 1. The third-order valence-electron chi connectivity index (χ3n) is 3.21. The number of carbonyl (C=O) groups is 1. The summed E-state index contributed by atoms with van der Waals surface area (Å²) < 4.78 is 13.0. The van der Waals surface area contributed by atoms with Crippen molar-refractivity contribution in [3.05, 3.63) is 34.6 Å². The maximum atomic E-state index is 13.0. The molecule has 0 unspecified atom stereocenters. The van der Waals surface area contributed by atoms with Gasteiger partial charge in [0.05, 0.1) is 21.1 Å². The second-order valence-electron chi connectivity index (χ2n) is 4.23. The van der Waals surface area contributed by atoms with E-state index in [1.165, 1.54) is 12.1 Å². The molecule has 0 aromatic heterocycles. The minimum atomic E-state index is -0.746. The van der Waals surface area contributed by atoms with Gasteiger partial charge in [-0.2, -0.15) is 0 Å². The van der Waals surface area contributed by atoms with E-state index in [1.54, 1.807) is 0 Å². The van der Waals surface area contributed by atoms with Crippen LogP contribution in [0.3, 0.4) is 0 Å². The van der Waals surface area contributed by atoms with E-state index in [0.717, 1.165) is 6.07 Å². The van der Waals surface area contributed by atoms with E-state index in [1.807, 2.05) is 13.8 Å². The van der Waals surface area contributed by atoms with E-state index in [-0.39, 0.29) is 15.6 Å². The predicted molar refractivity (Wildman–Crippen MR) is 79.0 cm³/mol. The van der Waals surface area contributed by atoms with E-state index >= 15 is 0 Å². The van der Waals surface area contributed by atoms with Crippen LogP contribution >= 0.6 is 23.8 Å². The van der Waals surface area contributed by atoms with Gasteiger partial charge in [-0.05, 0) is 31.0 Å². The van der Waals surface area contributed by atoms with Gasteiger partial charge in [-0.1, -0.05) is 37.7 Å². The van der Waals surface area contributed by atoms with Gasteiger partial charge in [0.2, 0.25) is 0 Å². The van der Waals surface area contributed by atoms with Crippen molar-refractivity contribution < 1.29 is 9.18 Å². The van der Waals surface area contributed by atoms with Gasteiger partial charge in [0.1, 0.15) is 5.82 Å². The number of nitrogens with one attached hydrogen (secondary N) is 1. The molecule has 3 N–H and O–H groups in total. The van der Waals surface area contributed by atoms with Crippen LogP contribution in [-0.2, 0) is 0 Å². The standard InChI is InChI=1S/C13H16ClFN2OS/c1-3-13(4-2,12(16)19)17-11(18)9-6-5-8(15)7-10(9)14/h5-7H,3-4H2,1-2H3,(H2,16,19)(H,17,18). The summed E-state index contributed by atoms with van der Waals surface area (Å²) in [5.41, 5.74) is 5.16. The average Bonchev–Trinajstić information content (AvgIpc) is 2.35. The Hall–Kier alpha value is -1.20. The molecule has 0 aliphatic carbocycles. The molecule has 0 aliphatic rings. The summed E-state index contributed by atoms with van der Waals surface area (Å²) in [6.45, 7) is 3.77. The third kappa shape index (κ3) is 3.42. The smallest absolute Gasteiger partial charge is 0.253 e. The molecule has 6 heteroatoms. The number of hydrogen-bond acceptors (Lipinski definition) is 2. The molecule has 19 heavy (non-hydrogen) atoms. The van der Waals surface area contributed by atoms with Crippen LogP contribution in [0.1, 0.15) is 37.0 Å². The van der Waals surface area contributed by atoms with E-state index in [0.29, 0.717) is 12.8 Å². The molecule has 1 amide bonds. The Labute approximate surface area is 122 Å². The minimum Gasteiger partial charge on any atom is -0.391 e. The molecule has 0 atom stereocenters. The van der Waals surface area contributed by atoms with Gasteiger partial charge in [-0.3, -0.25) is 4.79 Å². The molecular formula is C13H16ClFN2OS. The molecule has 0 fully saturated rings. The molecule has 0 aliphatic heterocycles. The highest BCUT2D eigenvalue weighted by molar-refractivity contribution is 7.80. The first kappa shape index (κ1) is 15.9. The summed E-state index contributed by atoms with van der Waals surface area (Å²) in [6, 6.07) is 3.61. The van der Waals surface area contributed by atoms with Crippen molar-refractivity contribution in [3.63, 3.8) is 0 Å². The van der Waals surface area contributed by atoms with Crippen molar-refractivity contribution in [1.29, 1.82) is 0 Å². The molecule has 0 saturated carbocycles. The molecule has 104 valence electrons. The Morgan fingerprint density at radius 1 is 1.47 bits per heavy atom. The topological polar surface area (TPSA) is 55.1 Å². The molecule has 0 radical (unpaired) electrons. The van der Waals surface area contributed by atoms with Crippen LogP contribution in [-0.4, -0.2) is 16.4 Å². The summed E-state index contributed by atoms with van der Waals surface area (Å²) in [5.74, 6) is -0.908. The zero-order valence-electron chi connectivity index (χ0n) is 10.8. The zero-order valence-corrected chi connectivity index (χ0v) is 12.4. The predicted octanol–water partition coefficient (Wildman–Crippen LogP) is 3.05. The SMILES string of the molecule is CCC(CC)(NC(=O)c1ccc(F)cc1Cl)C(N)=S. The monoisotopic (exact) mass is 302 g/mol. The van der Waals surface area contributed by atoms with Crippen molar-refractivity contribution in [2.75, 3.05) is 0 Å². The second kappa shape index (κ2) is 6.30. The fourth-order valence-corrected chi connectivity index (χ4v) is 2.39. The first-order valence-corrected chi connectivity index (χ1v) is 6.72. The van der Waals surface area contributed by atoms with Crippen molar-refractivity contribution in [1.82, 2.24) is 5.32 Å². The number of hydrogen-bond donors (Lipinski definition) is 2. The van der Waals surface area contributed by atoms with Crippen molar-refractivity contribution >= 4 is 34.7 Å². The van der Waals surface area contributed by atoms with E-state index in [2.05, 4.69) is 5.32 Å². The summed E-state index contributed by atoms with van der Waals surface area (Å²) in [7, 11) is 0. The van der Waals surface area contributed by atoms with Gasteiger partial charge in [0, 0.05) is 0 Å². The molecule has 0 saturated heterocycles. The average molecular weight is 303 g/mol. The van der Waals surface area contributed by atoms with Crippen LogP contribution in [0.25, 0.3) is 0 Å². The maximum Gasteiger partial charge on any atom is 0.253 e. The van der Waals surface area contributed by atoms with E-state index < -0.39 is 17.3 Å². The number of rotatable bonds is 5. The minimum absolute atomic E-state index is 0.0570. The highest BCUT2D eigenvalue weighted by atomic mass is 35.5. The second-order valence-corrected chi connectivity index (χ2v) is 5.08. The Kier molecular flexibility index (Phi) is 5.26. The first-order valence-electron chi connectivity index (χ1n) is 5.93. The number of thiocarbonyl (C=S) groups is 1. The van der Waals surface area contributed by atoms with Gasteiger partial charge in [0.15, 0.2) is 0 Å². The lowest BCUT2D eigenvalue weighted by Gasteiger charge is -2.31. The lowest BCUT2D eigenvalue weighted by atomic mass is 9.92. The number of benzene rings is 1. The van der Waals surface area contributed by atoms with Gasteiger partial charge >= 0.3 is 0 Å². The van der Waals surface area contributed by atoms with Crippen molar-refractivity contribution in [2.45, 2.75) is 32.2 Å². The lowest BCUT2D eigenvalue weighted by Crippen LogP contribution is -2.56. The quantitative estimate of drug-likeness (QED) is 0.822. The first-order chi connectivity index (χ1) is 8.86. The third-order valence-corrected chi connectivity index (χ3v) is 3.91. The highest BCUT2D eigenvalue weighted by Gasteiger charge is 2.32. The Balaban J connectivity index is 3.04. The summed E-state index contributed by atoms with van der Waals surface area (Å²) in [5, 5.41) is 2.85. The molecule has 1 aromatic carbocycles. The summed E-state index contributed by atoms with van der Waals surface area (Å²) >= 11 is 10.9. The Morgan fingerprint density at radius 2 is 2.05 bits per heavy atom. The number of halogens is 2. The van der Waals surface area contributed by atoms with E-state index in [9.17, 15) is 9.18 Å². The van der Waals surface area contributed by atoms with Crippen LogP contribution in [0.5, 0.6) is 0 Å². The number of amides is 1. The molecule has 0 heterocycles. The van der Waals surface area contributed by atoms with Crippen molar-refractivity contribution in [3.8, 4) is 0 Å². The Morgan fingerprint density at radius 3 is 2.47 bits per heavy atom. The van der Waals surface area contributed by atoms with Crippen LogP contribution in [0.15, 0.2) is 18.2 Å². The molecular weight excluding hydrogens is 287 g/mol. The maximum absolute atomic E-state index is 13.0. The zero-order chi connectivity index (χ0) is 14.6.